The van der Waals surface area contributed by atoms with Gasteiger partial charge in [-0.3, -0.25) is 9.59 Å². The van der Waals surface area contributed by atoms with Crippen LogP contribution in [0.15, 0.2) is 0 Å². The Labute approximate surface area is 76.6 Å². The number of rotatable bonds is 1. The van der Waals surface area contributed by atoms with Crippen molar-refractivity contribution in [2.24, 2.45) is 11.8 Å². The summed E-state index contributed by atoms with van der Waals surface area (Å²) in [6.07, 6.45) is 1.65. The fraction of sp³-hybridized carbons (Fsp3) is 0.778. The highest BCUT2D eigenvalue weighted by atomic mass is 16.5. The summed E-state index contributed by atoms with van der Waals surface area (Å²) in [5, 5.41) is 2.79. The molecule has 1 N–H and O–H groups in total. The lowest BCUT2D eigenvalue weighted by Crippen LogP contribution is -2.25. The van der Waals surface area contributed by atoms with E-state index in [0.29, 0.717) is 6.54 Å². The molecule has 0 aromatic heterocycles. The second-order valence-electron chi connectivity index (χ2n) is 3.74. The Morgan fingerprint density at radius 3 is 3.00 bits per heavy atom. The first kappa shape index (κ1) is 8.53. The van der Waals surface area contributed by atoms with Gasteiger partial charge in [-0.1, -0.05) is 0 Å². The zero-order chi connectivity index (χ0) is 9.42. The minimum atomic E-state index is -0.245. The maximum atomic E-state index is 11.2. The summed E-state index contributed by atoms with van der Waals surface area (Å²) >= 11 is 0. The quantitative estimate of drug-likeness (QED) is 0.585. The van der Waals surface area contributed by atoms with E-state index < -0.39 is 0 Å². The standard InChI is InChI=1S/C9H13NO3/c1-5(11)13-8-3-2-6-7(8)4-10-9(6)12/h6-8H,2-4H2,1H3,(H,10,12)/t6-,7-,8+/m0/s1. The van der Waals surface area contributed by atoms with Gasteiger partial charge in [-0.15, -0.1) is 0 Å². The van der Waals surface area contributed by atoms with Crippen molar-refractivity contribution in [1.29, 1.82) is 0 Å². The SMILES string of the molecule is CC(=O)O[C@@H]1CC[C@@H]2C(=O)NC[C@@H]21. The second kappa shape index (κ2) is 3.01. The van der Waals surface area contributed by atoms with Crippen molar-refractivity contribution in [1.82, 2.24) is 5.32 Å². The van der Waals surface area contributed by atoms with Gasteiger partial charge in [0.2, 0.25) is 5.91 Å². The fourth-order valence-corrected chi connectivity index (χ4v) is 2.34. The van der Waals surface area contributed by atoms with Crippen LogP contribution in [0.2, 0.25) is 0 Å². The van der Waals surface area contributed by atoms with Crippen molar-refractivity contribution in [2.75, 3.05) is 6.54 Å². The van der Waals surface area contributed by atoms with Crippen molar-refractivity contribution in [2.45, 2.75) is 25.9 Å². The Balaban J connectivity index is 2.02. The first-order valence-corrected chi connectivity index (χ1v) is 4.63. The predicted octanol–water partition coefficient (Wildman–Crippen LogP) is 0.0741. The molecule has 1 saturated heterocycles. The third-order valence-electron chi connectivity index (χ3n) is 2.92. The molecule has 0 bridgehead atoms. The smallest absolute Gasteiger partial charge is 0.302 e. The van der Waals surface area contributed by atoms with E-state index in [-0.39, 0.29) is 29.8 Å². The lowest BCUT2D eigenvalue weighted by Gasteiger charge is -2.16. The predicted molar refractivity (Wildman–Crippen MR) is 44.8 cm³/mol. The molecule has 2 rings (SSSR count). The van der Waals surface area contributed by atoms with E-state index in [9.17, 15) is 9.59 Å². The lowest BCUT2D eigenvalue weighted by molar-refractivity contribution is -0.148. The van der Waals surface area contributed by atoms with Crippen molar-refractivity contribution < 1.29 is 14.3 Å². The largest absolute Gasteiger partial charge is 0.462 e. The van der Waals surface area contributed by atoms with Gasteiger partial charge in [-0.05, 0) is 12.8 Å². The van der Waals surface area contributed by atoms with E-state index in [1.54, 1.807) is 0 Å². The van der Waals surface area contributed by atoms with Gasteiger partial charge in [0.05, 0.1) is 0 Å². The van der Waals surface area contributed by atoms with Crippen molar-refractivity contribution in [3.05, 3.63) is 0 Å². The molecule has 4 heteroatoms. The number of esters is 1. The highest BCUT2D eigenvalue weighted by molar-refractivity contribution is 5.81. The highest BCUT2D eigenvalue weighted by Crippen LogP contribution is 2.37. The Bertz CT molecular complexity index is 251. The normalized spacial score (nSPS) is 37.0. The molecular weight excluding hydrogens is 170 g/mol. The molecule has 3 atom stereocenters. The van der Waals surface area contributed by atoms with E-state index in [1.807, 2.05) is 0 Å². The molecule has 0 aromatic rings. The molecule has 2 fully saturated rings. The number of amides is 1. The van der Waals surface area contributed by atoms with E-state index in [2.05, 4.69) is 5.32 Å². The molecule has 1 amide bonds. The molecule has 0 spiro atoms. The van der Waals surface area contributed by atoms with Crippen molar-refractivity contribution >= 4 is 11.9 Å². The lowest BCUT2D eigenvalue weighted by atomic mass is 9.99. The minimum absolute atomic E-state index is 0.0403. The summed E-state index contributed by atoms with van der Waals surface area (Å²) < 4.78 is 5.14. The molecule has 1 aliphatic heterocycles. The van der Waals surface area contributed by atoms with Gasteiger partial charge >= 0.3 is 5.97 Å². The van der Waals surface area contributed by atoms with Crippen molar-refractivity contribution in [3.8, 4) is 0 Å². The van der Waals surface area contributed by atoms with Crippen LogP contribution in [0.3, 0.4) is 0 Å². The summed E-state index contributed by atoms with van der Waals surface area (Å²) in [6.45, 7) is 2.08. The third-order valence-corrected chi connectivity index (χ3v) is 2.92. The van der Waals surface area contributed by atoms with Gasteiger partial charge in [0.25, 0.3) is 0 Å². The number of nitrogens with one attached hydrogen (secondary N) is 1. The minimum Gasteiger partial charge on any atom is -0.462 e. The van der Waals surface area contributed by atoms with Gasteiger partial charge < -0.3 is 10.1 Å². The zero-order valence-electron chi connectivity index (χ0n) is 7.58. The van der Waals surface area contributed by atoms with Crippen LogP contribution in [-0.2, 0) is 14.3 Å². The average molecular weight is 183 g/mol. The fourth-order valence-electron chi connectivity index (χ4n) is 2.34. The third kappa shape index (κ3) is 1.41. The summed E-state index contributed by atoms with van der Waals surface area (Å²) in [5.74, 6) is 0.186. The number of ether oxygens (including phenoxy) is 1. The maximum Gasteiger partial charge on any atom is 0.302 e. The first-order chi connectivity index (χ1) is 6.18. The van der Waals surface area contributed by atoms with Crippen LogP contribution < -0.4 is 5.32 Å². The van der Waals surface area contributed by atoms with Crippen LogP contribution >= 0.6 is 0 Å². The molecule has 0 unspecified atom stereocenters. The van der Waals surface area contributed by atoms with Crippen LogP contribution in [-0.4, -0.2) is 24.5 Å². The monoisotopic (exact) mass is 183 g/mol. The van der Waals surface area contributed by atoms with Crippen LogP contribution in [0.1, 0.15) is 19.8 Å². The Morgan fingerprint density at radius 1 is 1.54 bits per heavy atom. The van der Waals surface area contributed by atoms with Gasteiger partial charge in [-0.25, -0.2) is 0 Å². The van der Waals surface area contributed by atoms with Crippen LogP contribution in [0.5, 0.6) is 0 Å². The molecule has 13 heavy (non-hydrogen) atoms. The number of carbonyl (C=O) groups excluding carboxylic acids is 2. The number of fused-ring (bicyclic) bond motifs is 1. The van der Waals surface area contributed by atoms with E-state index in [0.717, 1.165) is 12.8 Å². The summed E-state index contributed by atoms with van der Waals surface area (Å²) in [6, 6.07) is 0. The van der Waals surface area contributed by atoms with Crippen molar-refractivity contribution in [3.63, 3.8) is 0 Å². The van der Waals surface area contributed by atoms with Gasteiger partial charge in [0.1, 0.15) is 6.10 Å². The van der Waals surface area contributed by atoms with Gasteiger partial charge in [-0.2, -0.15) is 0 Å². The number of carbonyl (C=O) groups is 2. The zero-order valence-corrected chi connectivity index (χ0v) is 7.58. The first-order valence-electron chi connectivity index (χ1n) is 4.63. The Morgan fingerprint density at radius 2 is 2.31 bits per heavy atom. The van der Waals surface area contributed by atoms with Crippen LogP contribution in [0, 0.1) is 11.8 Å². The molecule has 0 radical (unpaired) electrons. The van der Waals surface area contributed by atoms with E-state index in [1.165, 1.54) is 6.92 Å². The molecule has 1 heterocycles. The Hall–Kier alpha value is -1.06. The van der Waals surface area contributed by atoms with Crippen LogP contribution in [0.25, 0.3) is 0 Å². The highest BCUT2D eigenvalue weighted by Gasteiger charge is 2.45. The maximum absolute atomic E-state index is 11.2. The molecule has 1 aliphatic carbocycles. The topological polar surface area (TPSA) is 55.4 Å². The molecule has 2 aliphatic rings. The molecule has 4 nitrogen and oxygen atoms in total. The molecule has 1 saturated carbocycles. The summed E-state index contributed by atoms with van der Waals surface area (Å²) in [5.41, 5.74) is 0. The molecule has 72 valence electrons. The van der Waals surface area contributed by atoms with Crippen LogP contribution in [0.4, 0.5) is 0 Å². The van der Waals surface area contributed by atoms with Gasteiger partial charge in [0.15, 0.2) is 0 Å². The van der Waals surface area contributed by atoms with E-state index in [4.69, 9.17) is 4.74 Å². The second-order valence-corrected chi connectivity index (χ2v) is 3.74. The van der Waals surface area contributed by atoms with E-state index >= 15 is 0 Å². The Kier molecular flexibility index (Phi) is 1.98. The molecular formula is C9H13NO3. The number of hydrogen-bond acceptors (Lipinski definition) is 3. The van der Waals surface area contributed by atoms with Gasteiger partial charge in [0, 0.05) is 25.3 Å². The molecule has 0 aromatic carbocycles. The number of hydrogen-bond donors (Lipinski definition) is 1. The average Bonchev–Trinajstić information content (AvgIpc) is 2.56. The summed E-state index contributed by atoms with van der Waals surface area (Å²) in [4.78, 5) is 22.0. The summed E-state index contributed by atoms with van der Waals surface area (Å²) in [7, 11) is 0.